The van der Waals surface area contributed by atoms with E-state index in [1.54, 1.807) is 6.07 Å². The summed E-state index contributed by atoms with van der Waals surface area (Å²) in [6, 6.07) is 7.38. The number of para-hydroxylation sites is 1. The number of phenols is 1. The van der Waals surface area contributed by atoms with Crippen LogP contribution >= 0.6 is 0 Å². The van der Waals surface area contributed by atoms with Crippen LogP contribution in [0.2, 0.25) is 0 Å². The van der Waals surface area contributed by atoms with E-state index in [0.29, 0.717) is 5.75 Å². The first-order valence-corrected chi connectivity index (χ1v) is 5.66. The summed E-state index contributed by atoms with van der Waals surface area (Å²) in [4.78, 5) is 2.35. The third-order valence-corrected chi connectivity index (χ3v) is 2.91. The van der Waals surface area contributed by atoms with Gasteiger partial charge in [0.2, 0.25) is 0 Å². The van der Waals surface area contributed by atoms with Crippen LogP contribution in [0.25, 0.3) is 5.57 Å². The number of nitrogens with zero attached hydrogens (tertiary/aromatic N) is 1. The highest BCUT2D eigenvalue weighted by molar-refractivity contribution is 5.69. The molecule has 0 radical (unpaired) electrons. The molecule has 0 amide bonds. The van der Waals surface area contributed by atoms with E-state index < -0.39 is 0 Å². The van der Waals surface area contributed by atoms with Gasteiger partial charge in [-0.15, -0.1) is 0 Å². The number of phenolic OH excluding ortho intramolecular Hbond substituents is 1. The largest absolute Gasteiger partial charge is 0.507 e. The molecule has 1 aromatic carbocycles. The van der Waals surface area contributed by atoms with E-state index >= 15 is 0 Å². The lowest BCUT2D eigenvalue weighted by Crippen LogP contribution is -2.43. The van der Waals surface area contributed by atoms with Gasteiger partial charge in [-0.1, -0.05) is 24.8 Å². The van der Waals surface area contributed by atoms with Crippen LogP contribution in [-0.2, 0) is 0 Å². The predicted octanol–water partition coefficient (Wildman–Crippen LogP) is 1.31. The molecule has 0 bridgehead atoms. The van der Waals surface area contributed by atoms with Gasteiger partial charge in [0.05, 0.1) is 0 Å². The van der Waals surface area contributed by atoms with Gasteiger partial charge in [-0.05, 0) is 11.6 Å². The Labute approximate surface area is 96.4 Å². The minimum absolute atomic E-state index is 0.322. The molecule has 0 aliphatic carbocycles. The van der Waals surface area contributed by atoms with Crippen molar-refractivity contribution in [3.05, 3.63) is 36.4 Å². The molecular weight excluding hydrogens is 200 g/mol. The molecule has 1 aliphatic heterocycles. The maximum absolute atomic E-state index is 9.72. The summed E-state index contributed by atoms with van der Waals surface area (Å²) in [6.07, 6.45) is 0. The van der Waals surface area contributed by atoms with Crippen LogP contribution in [0.1, 0.15) is 5.56 Å². The van der Waals surface area contributed by atoms with E-state index in [1.807, 2.05) is 18.2 Å². The Balaban J connectivity index is 2.00. The maximum atomic E-state index is 9.72. The average molecular weight is 218 g/mol. The Morgan fingerprint density at radius 3 is 2.69 bits per heavy atom. The molecule has 0 spiro atoms. The molecular formula is C13H18N2O. The standard InChI is InChI=1S/C13H18N2O/c1-11(10-15-8-6-14-7-9-15)12-4-2-3-5-13(12)16/h2-5,14,16H,1,6-10H2. The number of rotatable bonds is 3. The minimum atomic E-state index is 0.322. The molecule has 3 nitrogen and oxygen atoms in total. The third kappa shape index (κ3) is 2.62. The van der Waals surface area contributed by atoms with Gasteiger partial charge < -0.3 is 10.4 Å². The van der Waals surface area contributed by atoms with Crippen molar-refractivity contribution in [2.45, 2.75) is 0 Å². The van der Waals surface area contributed by atoms with Crippen LogP contribution in [-0.4, -0.2) is 42.7 Å². The van der Waals surface area contributed by atoms with Crippen LogP contribution in [0, 0.1) is 0 Å². The SMILES string of the molecule is C=C(CN1CCNCC1)c1ccccc1O. The van der Waals surface area contributed by atoms with E-state index in [9.17, 15) is 5.11 Å². The summed E-state index contributed by atoms with van der Waals surface area (Å²) < 4.78 is 0. The number of benzene rings is 1. The molecule has 0 saturated carbocycles. The van der Waals surface area contributed by atoms with Crippen molar-refractivity contribution in [1.82, 2.24) is 10.2 Å². The Morgan fingerprint density at radius 1 is 1.31 bits per heavy atom. The van der Waals surface area contributed by atoms with E-state index in [0.717, 1.165) is 43.9 Å². The zero-order valence-electron chi connectivity index (χ0n) is 9.45. The van der Waals surface area contributed by atoms with Crippen LogP contribution in [0.15, 0.2) is 30.8 Å². The van der Waals surface area contributed by atoms with Gasteiger partial charge in [0, 0.05) is 38.3 Å². The Morgan fingerprint density at radius 2 is 2.00 bits per heavy atom. The van der Waals surface area contributed by atoms with Gasteiger partial charge in [0.25, 0.3) is 0 Å². The first kappa shape index (κ1) is 11.2. The fourth-order valence-electron chi connectivity index (χ4n) is 2.00. The van der Waals surface area contributed by atoms with E-state index in [2.05, 4.69) is 16.8 Å². The topological polar surface area (TPSA) is 35.5 Å². The second-order valence-corrected chi connectivity index (χ2v) is 4.15. The first-order valence-electron chi connectivity index (χ1n) is 5.66. The molecule has 1 aliphatic rings. The van der Waals surface area contributed by atoms with Gasteiger partial charge in [0.1, 0.15) is 5.75 Å². The minimum Gasteiger partial charge on any atom is -0.507 e. The van der Waals surface area contributed by atoms with Gasteiger partial charge in [0.15, 0.2) is 0 Å². The van der Waals surface area contributed by atoms with E-state index in [1.165, 1.54) is 0 Å². The van der Waals surface area contributed by atoms with Gasteiger partial charge in [-0.2, -0.15) is 0 Å². The quantitative estimate of drug-likeness (QED) is 0.803. The van der Waals surface area contributed by atoms with Crippen molar-refractivity contribution in [3.8, 4) is 5.75 Å². The molecule has 0 aromatic heterocycles. The van der Waals surface area contributed by atoms with Crippen molar-refractivity contribution in [2.24, 2.45) is 0 Å². The van der Waals surface area contributed by atoms with Crippen LogP contribution in [0.5, 0.6) is 5.75 Å². The fraction of sp³-hybridized carbons (Fsp3) is 0.385. The highest BCUT2D eigenvalue weighted by Gasteiger charge is 2.12. The zero-order chi connectivity index (χ0) is 11.4. The molecule has 2 N–H and O–H groups in total. The summed E-state index contributed by atoms with van der Waals surface area (Å²) in [7, 11) is 0. The third-order valence-electron chi connectivity index (χ3n) is 2.91. The lowest BCUT2D eigenvalue weighted by molar-refractivity contribution is 0.268. The highest BCUT2D eigenvalue weighted by atomic mass is 16.3. The lowest BCUT2D eigenvalue weighted by atomic mass is 10.1. The number of piperazine rings is 1. The second-order valence-electron chi connectivity index (χ2n) is 4.15. The van der Waals surface area contributed by atoms with Crippen LogP contribution < -0.4 is 5.32 Å². The molecule has 1 aromatic rings. The van der Waals surface area contributed by atoms with Crippen LogP contribution in [0.3, 0.4) is 0 Å². The maximum Gasteiger partial charge on any atom is 0.123 e. The summed E-state index contributed by atoms with van der Waals surface area (Å²) >= 11 is 0. The van der Waals surface area contributed by atoms with Crippen molar-refractivity contribution in [2.75, 3.05) is 32.7 Å². The first-order chi connectivity index (χ1) is 7.77. The average Bonchev–Trinajstić information content (AvgIpc) is 2.31. The number of hydrogen-bond acceptors (Lipinski definition) is 3. The molecule has 86 valence electrons. The van der Waals surface area contributed by atoms with Crippen molar-refractivity contribution < 1.29 is 5.11 Å². The van der Waals surface area contributed by atoms with Gasteiger partial charge in [-0.3, -0.25) is 4.90 Å². The molecule has 1 fully saturated rings. The highest BCUT2D eigenvalue weighted by Crippen LogP contribution is 2.23. The van der Waals surface area contributed by atoms with Crippen molar-refractivity contribution in [1.29, 1.82) is 0 Å². The normalized spacial score (nSPS) is 17.2. The van der Waals surface area contributed by atoms with E-state index in [4.69, 9.17) is 0 Å². The number of nitrogens with one attached hydrogen (secondary N) is 1. The molecule has 2 rings (SSSR count). The van der Waals surface area contributed by atoms with E-state index in [-0.39, 0.29) is 0 Å². The monoisotopic (exact) mass is 218 g/mol. The second kappa shape index (κ2) is 5.14. The summed E-state index contributed by atoms with van der Waals surface area (Å²) in [5.74, 6) is 0.322. The lowest BCUT2D eigenvalue weighted by Gasteiger charge is -2.28. The number of aromatic hydroxyl groups is 1. The van der Waals surface area contributed by atoms with Crippen molar-refractivity contribution >= 4 is 5.57 Å². The molecule has 1 saturated heterocycles. The predicted molar refractivity (Wildman–Crippen MR) is 66.5 cm³/mol. The summed E-state index contributed by atoms with van der Waals surface area (Å²) in [5.41, 5.74) is 1.85. The summed E-state index contributed by atoms with van der Waals surface area (Å²) in [5, 5.41) is 13.0. The van der Waals surface area contributed by atoms with Crippen LogP contribution in [0.4, 0.5) is 0 Å². The molecule has 3 heteroatoms. The van der Waals surface area contributed by atoms with Crippen molar-refractivity contribution in [3.63, 3.8) is 0 Å². The molecule has 16 heavy (non-hydrogen) atoms. The van der Waals surface area contributed by atoms with Gasteiger partial charge in [-0.25, -0.2) is 0 Å². The molecule has 0 unspecified atom stereocenters. The Kier molecular flexibility index (Phi) is 3.59. The zero-order valence-corrected chi connectivity index (χ0v) is 9.45. The van der Waals surface area contributed by atoms with Gasteiger partial charge >= 0.3 is 0 Å². The Hall–Kier alpha value is -1.32. The fourth-order valence-corrected chi connectivity index (χ4v) is 2.00. The molecule has 1 heterocycles. The molecule has 0 atom stereocenters. The smallest absolute Gasteiger partial charge is 0.123 e. The number of hydrogen-bond donors (Lipinski definition) is 2. The summed E-state index contributed by atoms with van der Waals surface area (Å²) in [6.45, 7) is 9.06. The Bertz CT molecular complexity index is 370.